The molecule has 1 fully saturated rings. The van der Waals surface area contributed by atoms with Gasteiger partial charge in [0.1, 0.15) is 0 Å². The van der Waals surface area contributed by atoms with Gasteiger partial charge in [-0.05, 0) is 25.5 Å². The van der Waals surface area contributed by atoms with E-state index in [1.165, 1.54) is 29.3 Å². The van der Waals surface area contributed by atoms with Crippen LogP contribution in [0.1, 0.15) is 24.5 Å². The highest BCUT2D eigenvalue weighted by molar-refractivity contribution is 7.99. The summed E-state index contributed by atoms with van der Waals surface area (Å²) in [6.07, 6.45) is 4.94. The number of ether oxygens (including phenoxy) is 1. The van der Waals surface area contributed by atoms with Gasteiger partial charge in [0.15, 0.2) is 0 Å². The molecular weight excluding hydrogens is 220 g/mol. The van der Waals surface area contributed by atoms with Crippen molar-refractivity contribution in [2.24, 2.45) is 0 Å². The minimum absolute atomic E-state index is 0.251. The Hall–Kier alpha value is -0.450. The Balaban J connectivity index is 1.79. The van der Waals surface area contributed by atoms with E-state index in [1.54, 1.807) is 0 Å². The van der Waals surface area contributed by atoms with Crippen LogP contribution in [0.4, 0.5) is 0 Å². The molecule has 0 aliphatic carbocycles. The molecule has 88 valence electrons. The fourth-order valence-electron chi connectivity index (χ4n) is 2.32. The summed E-state index contributed by atoms with van der Waals surface area (Å²) >= 11 is 1.97. The summed E-state index contributed by atoms with van der Waals surface area (Å²) in [6, 6.07) is 2.31. The average Bonchev–Trinajstić information content (AvgIpc) is 2.56. The van der Waals surface area contributed by atoms with Crippen LogP contribution in [0.3, 0.4) is 0 Å². The van der Waals surface area contributed by atoms with E-state index in [4.69, 9.17) is 4.74 Å². The van der Waals surface area contributed by atoms with Crippen LogP contribution in [-0.4, -0.2) is 30.0 Å². The summed E-state index contributed by atoms with van der Waals surface area (Å²) in [5.41, 5.74) is 1.35. The highest BCUT2D eigenvalue weighted by atomic mass is 32.2. The third-order valence-electron chi connectivity index (χ3n) is 3.19. The van der Waals surface area contributed by atoms with Crippen LogP contribution < -0.4 is 5.32 Å². The minimum Gasteiger partial charge on any atom is -0.372 e. The van der Waals surface area contributed by atoms with Gasteiger partial charge in [0.05, 0.1) is 11.1 Å². The van der Waals surface area contributed by atoms with Crippen molar-refractivity contribution in [2.75, 3.05) is 25.4 Å². The molecule has 1 saturated heterocycles. The van der Waals surface area contributed by atoms with Crippen molar-refractivity contribution >= 4 is 11.8 Å². The Labute approximate surface area is 101 Å². The number of hydrogen-bond donors (Lipinski definition) is 1. The first kappa shape index (κ1) is 10.7. The quantitative estimate of drug-likeness (QED) is 0.811. The standard InChI is InChI=1S/C12H18N2OS/c1-3-13-8-11(15-5-1)10-7-12-14(9-10)4-2-6-16-12/h7,9,11,13H,1-6,8H2. The Bertz CT molecular complexity index is 332. The summed E-state index contributed by atoms with van der Waals surface area (Å²) < 4.78 is 8.25. The molecule has 16 heavy (non-hydrogen) atoms. The van der Waals surface area contributed by atoms with Crippen LogP contribution in [-0.2, 0) is 11.3 Å². The number of thioether (sulfide) groups is 1. The number of nitrogens with zero attached hydrogens (tertiary/aromatic N) is 1. The van der Waals surface area contributed by atoms with Gasteiger partial charge in [0.2, 0.25) is 0 Å². The zero-order valence-electron chi connectivity index (χ0n) is 9.45. The predicted molar refractivity (Wildman–Crippen MR) is 66.0 cm³/mol. The van der Waals surface area contributed by atoms with Gasteiger partial charge in [-0.3, -0.25) is 0 Å². The number of fused-ring (bicyclic) bond motifs is 1. The topological polar surface area (TPSA) is 26.2 Å². The van der Waals surface area contributed by atoms with E-state index in [1.807, 2.05) is 11.8 Å². The molecule has 1 aromatic rings. The Morgan fingerprint density at radius 3 is 3.38 bits per heavy atom. The molecule has 2 aliphatic heterocycles. The summed E-state index contributed by atoms with van der Waals surface area (Å²) in [7, 11) is 0. The van der Waals surface area contributed by atoms with E-state index < -0.39 is 0 Å². The van der Waals surface area contributed by atoms with Crippen molar-refractivity contribution < 1.29 is 4.74 Å². The number of rotatable bonds is 1. The van der Waals surface area contributed by atoms with Gasteiger partial charge < -0.3 is 14.6 Å². The highest BCUT2D eigenvalue weighted by Crippen LogP contribution is 2.30. The van der Waals surface area contributed by atoms with Crippen molar-refractivity contribution in [1.82, 2.24) is 9.88 Å². The molecule has 1 atom stereocenters. The second kappa shape index (κ2) is 4.82. The van der Waals surface area contributed by atoms with Crippen LogP contribution in [0.25, 0.3) is 0 Å². The van der Waals surface area contributed by atoms with Crippen molar-refractivity contribution in [1.29, 1.82) is 0 Å². The van der Waals surface area contributed by atoms with Crippen molar-refractivity contribution in [2.45, 2.75) is 30.5 Å². The third-order valence-corrected chi connectivity index (χ3v) is 4.33. The maximum atomic E-state index is 5.88. The first-order valence-electron chi connectivity index (χ1n) is 6.09. The monoisotopic (exact) mass is 238 g/mol. The lowest BCUT2D eigenvalue weighted by Gasteiger charge is -2.13. The van der Waals surface area contributed by atoms with Crippen LogP contribution in [0.15, 0.2) is 17.3 Å². The molecule has 0 aromatic carbocycles. The van der Waals surface area contributed by atoms with Gasteiger partial charge in [0.25, 0.3) is 0 Å². The van der Waals surface area contributed by atoms with Crippen molar-refractivity contribution in [3.05, 3.63) is 17.8 Å². The second-order valence-corrected chi connectivity index (χ2v) is 5.54. The fraction of sp³-hybridized carbons (Fsp3) is 0.667. The predicted octanol–water partition coefficient (Wildman–Crippen LogP) is 2.03. The zero-order chi connectivity index (χ0) is 10.8. The molecule has 2 aliphatic rings. The number of aryl methyl sites for hydroxylation is 1. The van der Waals surface area contributed by atoms with Crippen LogP contribution >= 0.6 is 11.8 Å². The Morgan fingerprint density at radius 1 is 1.44 bits per heavy atom. The fourth-order valence-corrected chi connectivity index (χ4v) is 3.33. The van der Waals surface area contributed by atoms with Gasteiger partial charge in [0, 0.05) is 37.2 Å². The minimum atomic E-state index is 0.251. The van der Waals surface area contributed by atoms with Crippen LogP contribution in [0.2, 0.25) is 0 Å². The van der Waals surface area contributed by atoms with Gasteiger partial charge in [-0.25, -0.2) is 0 Å². The van der Waals surface area contributed by atoms with E-state index >= 15 is 0 Å². The van der Waals surface area contributed by atoms with Crippen molar-refractivity contribution in [3.63, 3.8) is 0 Å². The third kappa shape index (κ3) is 2.14. The van der Waals surface area contributed by atoms with Gasteiger partial charge in [-0.2, -0.15) is 0 Å². The van der Waals surface area contributed by atoms with E-state index in [9.17, 15) is 0 Å². The van der Waals surface area contributed by atoms with Gasteiger partial charge >= 0.3 is 0 Å². The molecule has 3 rings (SSSR count). The molecule has 0 bridgehead atoms. The lowest BCUT2D eigenvalue weighted by Crippen LogP contribution is -2.19. The molecule has 0 saturated carbocycles. The maximum Gasteiger partial charge on any atom is 0.0964 e. The summed E-state index contributed by atoms with van der Waals surface area (Å²) in [5, 5.41) is 4.85. The smallest absolute Gasteiger partial charge is 0.0964 e. The first-order chi connectivity index (χ1) is 7.93. The Kier molecular flexibility index (Phi) is 3.22. The second-order valence-electron chi connectivity index (χ2n) is 4.42. The molecule has 1 N–H and O–H groups in total. The zero-order valence-corrected chi connectivity index (χ0v) is 10.3. The van der Waals surface area contributed by atoms with E-state index in [0.29, 0.717) is 0 Å². The van der Waals surface area contributed by atoms with E-state index in [2.05, 4.69) is 22.1 Å². The molecule has 3 nitrogen and oxygen atoms in total. The molecule has 1 aromatic heterocycles. The highest BCUT2D eigenvalue weighted by Gasteiger charge is 2.19. The molecular formula is C12H18N2OS. The van der Waals surface area contributed by atoms with E-state index in [0.717, 1.165) is 26.1 Å². The average molecular weight is 238 g/mol. The SMILES string of the molecule is c1c(C2CNCCCO2)cn2c1SCCC2. The number of aromatic nitrogens is 1. The van der Waals surface area contributed by atoms with Crippen LogP contribution in [0.5, 0.6) is 0 Å². The van der Waals surface area contributed by atoms with Crippen molar-refractivity contribution in [3.8, 4) is 0 Å². The molecule has 0 spiro atoms. The molecule has 0 radical (unpaired) electrons. The molecule has 1 unspecified atom stereocenters. The lowest BCUT2D eigenvalue weighted by molar-refractivity contribution is 0.0668. The number of hydrogen-bond acceptors (Lipinski definition) is 3. The maximum absolute atomic E-state index is 5.88. The summed E-state index contributed by atoms with van der Waals surface area (Å²) in [5.74, 6) is 1.26. The van der Waals surface area contributed by atoms with Gasteiger partial charge in [-0.1, -0.05) is 0 Å². The summed E-state index contributed by atoms with van der Waals surface area (Å²) in [6.45, 7) is 4.08. The molecule has 4 heteroatoms. The summed E-state index contributed by atoms with van der Waals surface area (Å²) in [4.78, 5) is 0. The largest absolute Gasteiger partial charge is 0.372 e. The molecule has 3 heterocycles. The Morgan fingerprint density at radius 2 is 2.44 bits per heavy atom. The first-order valence-corrected chi connectivity index (χ1v) is 7.07. The lowest BCUT2D eigenvalue weighted by atomic mass is 10.2. The van der Waals surface area contributed by atoms with Gasteiger partial charge in [-0.15, -0.1) is 11.8 Å². The normalized spacial score (nSPS) is 26.1. The van der Waals surface area contributed by atoms with Crippen LogP contribution in [0, 0.1) is 0 Å². The molecule has 0 amide bonds. The van der Waals surface area contributed by atoms with E-state index in [-0.39, 0.29) is 6.10 Å². The number of nitrogens with one attached hydrogen (secondary N) is 1.